The lowest BCUT2D eigenvalue weighted by Gasteiger charge is -2.25. The van der Waals surface area contributed by atoms with Crippen LogP contribution in [0.25, 0.3) is 0 Å². The summed E-state index contributed by atoms with van der Waals surface area (Å²) >= 11 is 0. The first-order chi connectivity index (χ1) is 6.96. The fourth-order valence-electron chi connectivity index (χ4n) is 1.57. The molecule has 0 unspecified atom stereocenters. The van der Waals surface area contributed by atoms with Gasteiger partial charge in [0.15, 0.2) is 0 Å². The molecule has 0 aliphatic heterocycles. The molecule has 1 aliphatic rings. The Morgan fingerprint density at radius 3 is 2.53 bits per heavy atom. The van der Waals surface area contributed by atoms with Crippen LogP contribution in [0.1, 0.15) is 33.1 Å². The molecule has 0 radical (unpaired) electrons. The number of hydrogen-bond acceptors (Lipinski definition) is 3. The molecule has 4 N–H and O–H groups in total. The molecular weight excluding hydrogens is 192 g/mol. The molecule has 4 nitrogen and oxygen atoms in total. The third-order valence-electron chi connectivity index (χ3n) is 3.24. The molecule has 0 bridgehead atoms. The summed E-state index contributed by atoms with van der Waals surface area (Å²) in [4.78, 5) is 11.8. The van der Waals surface area contributed by atoms with Gasteiger partial charge >= 0.3 is 0 Å². The first-order valence-electron chi connectivity index (χ1n) is 5.55. The van der Waals surface area contributed by atoms with E-state index in [1.807, 2.05) is 13.8 Å². The summed E-state index contributed by atoms with van der Waals surface area (Å²) in [6.07, 6.45) is 2.52. The van der Waals surface area contributed by atoms with E-state index in [0.29, 0.717) is 19.5 Å². The molecule has 1 amide bonds. The lowest BCUT2D eigenvalue weighted by atomic mass is 9.89. The van der Waals surface area contributed by atoms with Gasteiger partial charge in [-0.25, -0.2) is 0 Å². The Bertz CT molecular complexity index is 235. The molecule has 0 aromatic carbocycles. The van der Waals surface area contributed by atoms with Crippen LogP contribution >= 0.6 is 0 Å². The maximum atomic E-state index is 11.8. The van der Waals surface area contributed by atoms with Crippen molar-refractivity contribution in [1.29, 1.82) is 0 Å². The molecule has 1 fully saturated rings. The molecule has 1 saturated carbocycles. The number of carbonyl (C=O) groups is 1. The zero-order valence-corrected chi connectivity index (χ0v) is 9.68. The van der Waals surface area contributed by atoms with E-state index >= 15 is 0 Å². The second kappa shape index (κ2) is 4.49. The molecule has 15 heavy (non-hydrogen) atoms. The van der Waals surface area contributed by atoms with Crippen LogP contribution < -0.4 is 11.1 Å². The molecule has 1 aliphatic carbocycles. The van der Waals surface area contributed by atoms with Gasteiger partial charge in [-0.15, -0.1) is 0 Å². The van der Waals surface area contributed by atoms with E-state index in [1.54, 1.807) is 0 Å². The lowest BCUT2D eigenvalue weighted by Crippen LogP contribution is -2.41. The van der Waals surface area contributed by atoms with Gasteiger partial charge in [-0.05, 0) is 24.7 Å². The van der Waals surface area contributed by atoms with E-state index in [1.165, 1.54) is 0 Å². The van der Waals surface area contributed by atoms with Crippen molar-refractivity contribution in [3.63, 3.8) is 0 Å². The predicted octanol–water partition coefficient (Wildman–Crippen LogP) is 0.250. The van der Waals surface area contributed by atoms with Gasteiger partial charge in [-0.2, -0.15) is 0 Å². The molecule has 0 atom stereocenters. The average molecular weight is 214 g/mol. The average Bonchev–Trinajstić information content (AvgIpc) is 2.95. The van der Waals surface area contributed by atoms with Crippen LogP contribution in [-0.2, 0) is 4.79 Å². The van der Waals surface area contributed by atoms with Gasteiger partial charge in [0.2, 0.25) is 5.91 Å². The van der Waals surface area contributed by atoms with Gasteiger partial charge in [0, 0.05) is 19.7 Å². The van der Waals surface area contributed by atoms with Crippen molar-refractivity contribution < 1.29 is 9.90 Å². The van der Waals surface area contributed by atoms with Crippen LogP contribution in [0, 0.1) is 10.8 Å². The second-order valence-corrected chi connectivity index (χ2v) is 5.30. The Morgan fingerprint density at radius 2 is 2.13 bits per heavy atom. The van der Waals surface area contributed by atoms with E-state index in [9.17, 15) is 4.79 Å². The number of nitrogens with one attached hydrogen (secondary N) is 1. The third kappa shape index (κ3) is 3.18. The normalized spacial score (nSPS) is 18.7. The van der Waals surface area contributed by atoms with Crippen molar-refractivity contribution in [2.75, 3.05) is 19.7 Å². The number of nitrogens with two attached hydrogens (primary N) is 1. The Morgan fingerprint density at radius 1 is 1.53 bits per heavy atom. The minimum atomic E-state index is -0.269. The molecular formula is C11H22N2O2. The molecule has 0 saturated heterocycles. The first kappa shape index (κ1) is 12.5. The maximum absolute atomic E-state index is 11.8. The van der Waals surface area contributed by atoms with Gasteiger partial charge in [-0.3, -0.25) is 4.79 Å². The smallest absolute Gasteiger partial charge is 0.227 e. The van der Waals surface area contributed by atoms with Crippen molar-refractivity contribution in [2.24, 2.45) is 16.6 Å². The summed E-state index contributed by atoms with van der Waals surface area (Å²) in [6, 6.07) is 0. The van der Waals surface area contributed by atoms with Crippen LogP contribution in [-0.4, -0.2) is 30.7 Å². The number of hydrogen-bond donors (Lipinski definition) is 3. The highest BCUT2D eigenvalue weighted by Crippen LogP contribution is 2.44. The Labute approximate surface area is 91.2 Å². The van der Waals surface area contributed by atoms with Gasteiger partial charge in [0.05, 0.1) is 5.41 Å². The highest BCUT2D eigenvalue weighted by molar-refractivity contribution is 5.85. The van der Waals surface area contributed by atoms with E-state index in [0.717, 1.165) is 12.8 Å². The molecule has 88 valence electrons. The molecule has 1 rings (SSSR count). The number of aliphatic hydroxyl groups excluding tert-OH is 1. The number of carbonyl (C=O) groups excluding carboxylic acids is 1. The van der Waals surface area contributed by atoms with Crippen LogP contribution in [0.4, 0.5) is 0 Å². The van der Waals surface area contributed by atoms with Crippen LogP contribution in [0.2, 0.25) is 0 Å². The molecule has 0 spiro atoms. The van der Waals surface area contributed by atoms with Crippen LogP contribution in [0.3, 0.4) is 0 Å². The van der Waals surface area contributed by atoms with E-state index in [2.05, 4.69) is 5.32 Å². The largest absolute Gasteiger partial charge is 0.396 e. The second-order valence-electron chi connectivity index (χ2n) is 5.30. The summed E-state index contributed by atoms with van der Waals surface area (Å²) in [5.74, 6) is 0.0796. The summed E-state index contributed by atoms with van der Waals surface area (Å²) in [6.45, 7) is 5.27. The third-order valence-corrected chi connectivity index (χ3v) is 3.24. The molecule has 0 aromatic heterocycles. The summed E-state index contributed by atoms with van der Waals surface area (Å²) in [5.41, 5.74) is 5.25. The van der Waals surface area contributed by atoms with Crippen molar-refractivity contribution >= 4 is 5.91 Å². The minimum Gasteiger partial charge on any atom is -0.396 e. The maximum Gasteiger partial charge on any atom is 0.227 e. The topological polar surface area (TPSA) is 75.3 Å². The fraction of sp³-hybridized carbons (Fsp3) is 0.909. The predicted molar refractivity (Wildman–Crippen MR) is 59.2 cm³/mol. The Hall–Kier alpha value is -0.610. The van der Waals surface area contributed by atoms with E-state index in [4.69, 9.17) is 10.8 Å². The number of aliphatic hydroxyl groups is 1. The standard InChI is InChI=1S/C11H22N2O2/c1-10(2,5-6-14)8-13-9(15)11(7-12)3-4-11/h14H,3-8,12H2,1-2H3,(H,13,15). The van der Waals surface area contributed by atoms with Crippen molar-refractivity contribution in [1.82, 2.24) is 5.32 Å². The van der Waals surface area contributed by atoms with E-state index in [-0.39, 0.29) is 23.3 Å². The minimum absolute atomic E-state index is 0.0465. The zero-order chi connectivity index (χ0) is 11.5. The summed E-state index contributed by atoms with van der Waals surface area (Å²) in [7, 11) is 0. The van der Waals surface area contributed by atoms with Crippen molar-refractivity contribution in [3.05, 3.63) is 0 Å². The zero-order valence-electron chi connectivity index (χ0n) is 9.68. The molecule has 0 aromatic rings. The quantitative estimate of drug-likeness (QED) is 0.593. The Kier molecular flexibility index (Phi) is 3.73. The highest BCUT2D eigenvalue weighted by Gasteiger charge is 2.48. The monoisotopic (exact) mass is 214 g/mol. The number of amides is 1. The highest BCUT2D eigenvalue weighted by atomic mass is 16.3. The first-order valence-corrected chi connectivity index (χ1v) is 5.55. The van der Waals surface area contributed by atoms with Gasteiger partial charge in [-0.1, -0.05) is 13.8 Å². The molecule has 4 heteroatoms. The van der Waals surface area contributed by atoms with Crippen molar-refractivity contribution in [3.8, 4) is 0 Å². The molecule has 0 heterocycles. The van der Waals surface area contributed by atoms with Gasteiger partial charge in [0.25, 0.3) is 0 Å². The van der Waals surface area contributed by atoms with Gasteiger partial charge < -0.3 is 16.2 Å². The Balaban J connectivity index is 2.34. The summed E-state index contributed by atoms with van der Waals surface area (Å²) in [5, 5.41) is 11.8. The summed E-state index contributed by atoms with van der Waals surface area (Å²) < 4.78 is 0. The lowest BCUT2D eigenvalue weighted by molar-refractivity contribution is -0.126. The van der Waals surface area contributed by atoms with Crippen molar-refractivity contribution in [2.45, 2.75) is 33.1 Å². The number of rotatable bonds is 6. The fourth-order valence-corrected chi connectivity index (χ4v) is 1.57. The SMILES string of the molecule is CC(C)(CCO)CNC(=O)C1(CN)CC1. The van der Waals surface area contributed by atoms with E-state index < -0.39 is 0 Å². The van der Waals surface area contributed by atoms with Crippen LogP contribution in [0.15, 0.2) is 0 Å². The van der Waals surface area contributed by atoms with Gasteiger partial charge in [0.1, 0.15) is 0 Å². The van der Waals surface area contributed by atoms with Crippen LogP contribution in [0.5, 0.6) is 0 Å².